The van der Waals surface area contributed by atoms with Crippen LogP contribution in [0.15, 0.2) is 16.5 Å². The molecule has 0 aromatic carbocycles. The van der Waals surface area contributed by atoms with Crippen molar-refractivity contribution in [3.8, 4) is 0 Å². The van der Waals surface area contributed by atoms with Crippen LogP contribution in [0.4, 0.5) is 4.79 Å². The molecule has 0 radical (unpaired) electrons. The maximum atomic E-state index is 11.7. The fraction of sp³-hybridized carbons (Fsp3) is 0.643. The Kier molecular flexibility index (Phi) is 4.99. The molecule has 1 aromatic rings. The van der Waals surface area contributed by atoms with E-state index in [1.807, 2.05) is 18.7 Å². The number of hydrogen-bond acceptors (Lipinski definition) is 4. The van der Waals surface area contributed by atoms with Crippen LogP contribution in [0.2, 0.25) is 0 Å². The van der Waals surface area contributed by atoms with Gasteiger partial charge in [-0.15, -0.1) is 0 Å². The lowest BCUT2D eigenvalue weighted by Crippen LogP contribution is -2.44. The molecular formula is C14H22N2O3S. The Labute approximate surface area is 123 Å². The number of furan rings is 1. The monoisotopic (exact) mass is 298 g/mol. The third-order valence-corrected chi connectivity index (χ3v) is 4.78. The van der Waals surface area contributed by atoms with Gasteiger partial charge in [-0.2, -0.15) is 11.8 Å². The van der Waals surface area contributed by atoms with E-state index in [1.165, 1.54) is 12.2 Å². The van der Waals surface area contributed by atoms with E-state index in [4.69, 9.17) is 4.42 Å². The lowest BCUT2D eigenvalue weighted by molar-refractivity contribution is 0.0360. The lowest BCUT2D eigenvalue weighted by atomic mass is 10.0. The number of rotatable bonds is 5. The van der Waals surface area contributed by atoms with Crippen molar-refractivity contribution in [2.24, 2.45) is 0 Å². The molecule has 5 nitrogen and oxygen atoms in total. The molecule has 1 aromatic heterocycles. The molecule has 0 saturated carbocycles. The molecule has 1 fully saturated rings. The zero-order chi connectivity index (χ0) is 14.6. The molecule has 0 bridgehead atoms. The number of carbonyl (C=O) groups is 1. The Morgan fingerprint density at radius 1 is 1.55 bits per heavy atom. The van der Waals surface area contributed by atoms with Crippen molar-refractivity contribution >= 4 is 17.8 Å². The van der Waals surface area contributed by atoms with E-state index in [9.17, 15) is 9.90 Å². The van der Waals surface area contributed by atoms with Gasteiger partial charge in [0.2, 0.25) is 0 Å². The van der Waals surface area contributed by atoms with Crippen molar-refractivity contribution in [3.05, 3.63) is 23.7 Å². The van der Waals surface area contributed by atoms with E-state index in [0.717, 1.165) is 12.2 Å². The second-order valence-electron chi connectivity index (χ2n) is 5.38. The Morgan fingerprint density at radius 3 is 2.95 bits per heavy atom. The molecule has 2 amide bonds. The van der Waals surface area contributed by atoms with Crippen molar-refractivity contribution in [1.29, 1.82) is 0 Å². The summed E-state index contributed by atoms with van der Waals surface area (Å²) >= 11 is 1.90. The molecule has 2 rings (SSSR count). The fourth-order valence-electron chi connectivity index (χ4n) is 2.14. The summed E-state index contributed by atoms with van der Waals surface area (Å²) in [5.41, 5.74) is -1.20. The number of thioether (sulfide) groups is 1. The zero-order valence-corrected chi connectivity index (χ0v) is 12.8. The molecule has 0 aliphatic carbocycles. The zero-order valence-electron chi connectivity index (χ0n) is 11.9. The first-order valence-corrected chi connectivity index (χ1v) is 7.95. The van der Waals surface area contributed by atoms with Crippen LogP contribution < -0.4 is 10.6 Å². The highest BCUT2D eigenvalue weighted by atomic mass is 32.2. The molecule has 3 N–H and O–H groups in total. The van der Waals surface area contributed by atoms with Crippen molar-refractivity contribution in [3.63, 3.8) is 0 Å². The van der Waals surface area contributed by atoms with Gasteiger partial charge < -0.3 is 20.2 Å². The SMILES string of the molecule is Cc1ccc(C(C)(O)CNC(=O)NCC2CCCS2)o1. The maximum Gasteiger partial charge on any atom is 0.314 e. The van der Waals surface area contributed by atoms with Gasteiger partial charge in [0.1, 0.15) is 17.1 Å². The highest BCUT2D eigenvalue weighted by molar-refractivity contribution is 8.00. The summed E-state index contributed by atoms with van der Waals surface area (Å²) in [6, 6.07) is 3.27. The molecule has 20 heavy (non-hydrogen) atoms. The summed E-state index contributed by atoms with van der Waals surface area (Å²) in [6.45, 7) is 4.24. The van der Waals surface area contributed by atoms with E-state index in [1.54, 1.807) is 19.1 Å². The second kappa shape index (κ2) is 6.54. The molecule has 2 unspecified atom stereocenters. The van der Waals surface area contributed by atoms with Gasteiger partial charge in [0.25, 0.3) is 0 Å². The van der Waals surface area contributed by atoms with Crippen LogP contribution in [-0.2, 0) is 5.60 Å². The number of urea groups is 1. The molecule has 6 heteroatoms. The average molecular weight is 298 g/mol. The van der Waals surface area contributed by atoms with Crippen molar-refractivity contribution in [2.75, 3.05) is 18.8 Å². The van der Waals surface area contributed by atoms with Crippen LogP contribution in [0.3, 0.4) is 0 Å². The molecule has 1 aliphatic rings. The minimum Gasteiger partial charge on any atom is -0.463 e. The van der Waals surface area contributed by atoms with Gasteiger partial charge in [-0.25, -0.2) is 4.79 Å². The second-order valence-corrected chi connectivity index (χ2v) is 6.79. The number of carbonyl (C=O) groups excluding carboxylic acids is 1. The van der Waals surface area contributed by atoms with E-state index < -0.39 is 5.60 Å². The number of amides is 2. The van der Waals surface area contributed by atoms with E-state index in [2.05, 4.69) is 10.6 Å². The van der Waals surface area contributed by atoms with Crippen molar-refractivity contribution in [1.82, 2.24) is 10.6 Å². The van der Waals surface area contributed by atoms with Crippen LogP contribution >= 0.6 is 11.8 Å². The van der Waals surface area contributed by atoms with Crippen LogP contribution in [0.1, 0.15) is 31.3 Å². The first kappa shape index (κ1) is 15.3. The highest BCUT2D eigenvalue weighted by Crippen LogP contribution is 2.25. The highest BCUT2D eigenvalue weighted by Gasteiger charge is 2.27. The van der Waals surface area contributed by atoms with Gasteiger partial charge in [-0.1, -0.05) is 0 Å². The van der Waals surface area contributed by atoms with Gasteiger partial charge >= 0.3 is 6.03 Å². The molecular weight excluding hydrogens is 276 g/mol. The smallest absolute Gasteiger partial charge is 0.314 e. The summed E-state index contributed by atoms with van der Waals surface area (Å²) < 4.78 is 5.40. The molecule has 1 saturated heterocycles. The van der Waals surface area contributed by atoms with Crippen LogP contribution in [-0.4, -0.2) is 35.2 Å². The van der Waals surface area contributed by atoms with Crippen LogP contribution in [0, 0.1) is 6.92 Å². The molecule has 1 aliphatic heterocycles. The van der Waals surface area contributed by atoms with Crippen LogP contribution in [0.5, 0.6) is 0 Å². The van der Waals surface area contributed by atoms with Gasteiger partial charge in [-0.3, -0.25) is 0 Å². The largest absolute Gasteiger partial charge is 0.463 e. The number of aliphatic hydroxyl groups is 1. The van der Waals surface area contributed by atoms with E-state index in [-0.39, 0.29) is 12.6 Å². The Bertz CT molecular complexity index is 453. The summed E-state index contributed by atoms with van der Waals surface area (Å²) in [5, 5.41) is 16.3. The number of nitrogens with one attached hydrogen (secondary N) is 2. The predicted octanol–water partition coefficient (Wildman–Crippen LogP) is 1.99. The first-order valence-electron chi connectivity index (χ1n) is 6.90. The minimum absolute atomic E-state index is 0.115. The molecule has 2 heterocycles. The summed E-state index contributed by atoms with van der Waals surface area (Å²) in [5.74, 6) is 2.38. The standard InChI is InChI=1S/C14H22N2O3S/c1-10-5-6-12(19-10)14(2,18)9-16-13(17)15-8-11-4-3-7-20-11/h5-6,11,18H,3-4,7-9H2,1-2H3,(H2,15,16,17). The Morgan fingerprint density at radius 2 is 2.35 bits per heavy atom. The van der Waals surface area contributed by atoms with E-state index in [0.29, 0.717) is 17.6 Å². The third kappa shape index (κ3) is 4.18. The maximum absolute atomic E-state index is 11.7. The van der Waals surface area contributed by atoms with Gasteiger partial charge in [-0.05, 0) is 44.6 Å². The Hall–Kier alpha value is -1.14. The Balaban J connectivity index is 1.74. The summed E-state index contributed by atoms with van der Waals surface area (Å²) in [4.78, 5) is 11.7. The minimum atomic E-state index is -1.20. The van der Waals surface area contributed by atoms with Crippen LogP contribution in [0.25, 0.3) is 0 Å². The summed E-state index contributed by atoms with van der Waals surface area (Å²) in [6.07, 6.45) is 2.39. The number of aryl methyl sites for hydroxylation is 1. The third-order valence-electron chi connectivity index (χ3n) is 3.38. The van der Waals surface area contributed by atoms with Gasteiger partial charge in [0.05, 0.1) is 6.54 Å². The van der Waals surface area contributed by atoms with Crippen molar-refractivity contribution < 1.29 is 14.3 Å². The molecule has 2 atom stereocenters. The predicted molar refractivity (Wildman–Crippen MR) is 79.9 cm³/mol. The lowest BCUT2D eigenvalue weighted by Gasteiger charge is -2.21. The average Bonchev–Trinajstić information content (AvgIpc) is 3.05. The van der Waals surface area contributed by atoms with Crippen molar-refractivity contribution in [2.45, 2.75) is 37.5 Å². The molecule has 112 valence electrons. The van der Waals surface area contributed by atoms with Gasteiger partial charge in [0.15, 0.2) is 0 Å². The number of hydrogen-bond donors (Lipinski definition) is 3. The molecule has 0 spiro atoms. The van der Waals surface area contributed by atoms with E-state index >= 15 is 0 Å². The van der Waals surface area contributed by atoms with Gasteiger partial charge in [0, 0.05) is 11.8 Å². The topological polar surface area (TPSA) is 74.5 Å². The first-order chi connectivity index (χ1) is 9.47. The normalized spacial score (nSPS) is 21.4. The summed E-state index contributed by atoms with van der Waals surface area (Å²) in [7, 11) is 0. The fourth-order valence-corrected chi connectivity index (χ4v) is 3.34. The quantitative estimate of drug-likeness (QED) is 0.777.